The molecule has 0 fully saturated rings. The normalized spacial score (nSPS) is 18.2. The Morgan fingerprint density at radius 2 is 2.25 bits per heavy atom. The van der Waals surface area contributed by atoms with Crippen LogP contribution in [0.15, 0.2) is 30.7 Å². The van der Waals surface area contributed by atoms with Crippen LogP contribution in [0.2, 0.25) is 0 Å². The fourth-order valence-electron chi connectivity index (χ4n) is 3.03. The van der Waals surface area contributed by atoms with Crippen LogP contribution in [0.25, 0.3) is 0 Å². The van der Waals surface area contributed by atoms with Crippen LogP contribution in [-0.4, -0.2) is 33.0 Å². The lowest BCUT2D eigenvalue weighted by Crippen LogP contribution is -2.31. The van der Waals surface area contributed by atoms with E-state index in [9.17, 15) is 0 Å². The average molecular weight is 270 g/mol. The van der Waals surface area contributed by atoms with E-state index in [2.05, 4.69) is 45.7 Å². The minimum atomic E-state index is 0.714. The molecule has 4 heteroatoms. The highest BCUT2D eigenvalue weighted by atomic mass is 15.1. The molecular formula is C16H22N4. The van der Waals surface area contributed by atoms with Gasteiger partial charge < -0.3 is 9.47 Å². The van der Waals surface area contributed by atoms with Crippen LogP contribution < -0.4 is 0 Å². The van der Waals surface area contributed by atoms with Gasteiger partial charge in [-0.3, -0.25) is 4.98 Å². The van der Waals surface area contributed by atoms with Crippen molar-refractivity contribution in [2.45, 2.75) is 32.9 Å². The fraction of sp³-hybridized carbons (Fsp3) is 0.500. The lowest BCUT2D eigenvalue weighted by atomic mass is 9.99. The SMILES string of the molecule is Cc1cccnc1CN(C)C[C@H]1CCc2nccn2C1. The van der Waals surface area contributed by atoms with Crippen molar-refractivity contribution in [2.24, 2.45) is 5.92 Å². The summed E-state index contributed by atoms with van der Waals surface area (Å²) in [6.45, 7) is 5.28. The number of aryl methyl sites for hydroxylation is 2. The van der Waals surface area contributed by atoms with Crippen molar-refractivity contribution in [1.29, 1.82) is 0 Å². The van der Waals surface area contributed by atoms with Crippen LogP contribution in [0, 0.1) is 12.8 Å². The van der Waals surface area contributed by atoms with Crippen LogP contribution in [0.1, 0.15) is 23.5 Å². The molecule has 20 heavy (non-hydrogen) atoms. The zero-order chi connectivity index (χ0) is 13.9. The Hall–Kier alpha value is -1.68. The molecule has 0 N–H and O–H groups in total. The summed E-state index contributed by atoms with van der Waals surface area (Å²) >= 11 is 0. The number of hydrogen-bond donors (Lipinski definition) is 0. The second-order valence-corrected chi connectivity index (χ2v) is 5.86. The Kier molecular flexibility index (Phi) is 3.83. The van der Waals surface area contributed by atoms with Crippen molar-refractivity contribution >= 4 is 0 Å². The smallest absolute Gasteiger partial charge is 0.108 e. The van der Waals surface area contributed by atoms with Crippen LogP contribution >= 0.6 is 0 Å². The molecule has 1 aliphatic rings. The van der Waals surface area contributed by atoms with Crippen LogP contribution in [0.4, 0.5) is 0 Å². The number of rotatable bonds is 4. The van der Waals surface area contributed by atoms with Crippen LogP contribution in [0.5, 0.6) is 0 Å². The van der Waals surface area contributed by atoms with Crippen molar-refractivity contribution in [3.8, 4) is 0 Å². The zero-order valence-corrected chi connectivity index (χ0v) is 12.3. The van der Waals surface area contributed by atoms with Gasteiger partial charge in [-0.2, -0.15) is 0 Å². The van der Waals surface area contributed by atoms with Crippen molar-refractivity contribution < 1.29 is 0 Å². The summed E-state index contributed by atoms with van der Waals surface area (Å²) in [6.07, 6.45) is 8.24. The first kappa shape index (κ1) is 13.3. The summed E-state index contributed by atoms with van der Waals surface area (Å²) in [5.41, 5.74) is 2.47. The average Bonchev–Trinajstić information content (AvgIpc) is 2.89. The van der Waals surface area contributed by atoms with E-state index >= 15 is 0 Å². The number of imidazole rings is 1. The van der Waals surface area contributed by atoms with E-state index in [0.29, 0.717) is 5.92 Å². The van der Waals surface area contributed by atoms with Gasteiger partial charge in [-0.1, -0.05) is 6.07 Å². The van der Waals surface area contributed by atoms with Crippen LogP contribution in [-0.2, 0) is 19.5 Å². The molecule has 3 rings (SSSR count). The van der Waals surface area contributed by atoms with Gasteiger partial charge in [-0.05, 0) is 37.9 Å². The van der Waals surface area contributed by atoms with Crippen molar-refractivity contribution in [1.82, 2.24) is 19.4 Å². The summed E-state index contributed by atoms with van der Waals surface area (Å²) in [7, 11) is 2.19. The van der Waals surface area contributed by atoms with Gasteiger partial charge in [-0.25, -0.2) is 4.98 Å². The number of fused-ring (bicyclic) bond motifs is 1. The van der Waals surface area contributed by atoms with Gasteiger partial charge in [-0.15, -0.1) is 0 Å². The molecule has 0 unspecified atom stereocenters. The number of pyridine rings is 1. The minimum absolute atomic E-state index is 0.714. The maximum atomic E-state index is 4.48. The number of nitrogens with zero attached hydrogens (tertiary/aromatic N) is 4. The van der Waals surface area contributed by atoms with E-state index in [0.717, 1.165) is 26.1 Å². The summed E-state index contributed by atoms with van der Waals surface area (Å²) in [6, 6.07) is 4.13. The lowest BCUT2D eigenvalue weighted by molar-refractivity contribution is 0.227. The first-order valence-electron chi connectivity index (χ1n) is 7.31. The minimum Gasteiger partial charge on any atom is -0.335 e. The Bertz CT molecular complexity index is 575. The predicted molar refractivity (Wildman–Crippen MR) is 79.3 cm³/mol. The Morgan fingerprint density at radius 3 is 3.10 bits per heavy atom. The van der Waals surface area contributed by atoms with E-state index < -0.39 is 0 Å². The predicted octanol–water partition coefficient (Wildman–Crippen LogP) is 2.28. The number of aromatic nitrogens is 3. The van der Waals surface area contributed by atoms with E-state index in [1.807, 2.05) is 18.5 Å². The maximum Gasteiger partial charge on any atom is 0.108 e. The molecule has 0 radical (unpaired) electrons. The molecule has 0 saturated carbocycles. The second-order valence-electron chi connectivity index (χ2n) is 5.86. The topological polar surface area (TPSA) is 34.0 Å². The standard InChI is InChI=1S/C16H22N4/c1-13-4-3-7-17-15(13)12-19(2)10-14-5-6-16-18-8-9-20(16)11-14/h3-4,7-9,14H,5-6,10-12H2,1-2H3/t14-/m1/s1. The van der Waals surface area contributed by atoms with E-state index in [-0.39, 0.29) is 0 Å². The number of hydrogen-bond acceptors (Lipinski definition) is 3. The van der Waals surface area contributed by atoms with Gasteiger partial charge in [0.2, 0.25) is 0 Å². The fourth-order valence-corrected chi connectivity index (χ4v) is 3.03. The molecule has 0 bridgehead atoms. The van der Waals surface area contributed by atoms with E-state index in [1.54, 1.807) is 0 Å². The van der Waals surface area contributed by atoms with Gasteiger partial charge in [0.1, 0.15) is 5.82 Å². The Balaban J connectivity index is 1.58. The van der Waals surface area contributed by atoms with E-state index in [4.69, 9.17) is 0 Å². The molecule has 0 spiro atoms. The molecule has 4 nitrogen and oxygen atoms in total. The van der Waals surface area contributed by atoms with Gasteiger partial charge in [0.25, 0.3) is 0 Å². The van der Waals surface area contributed by atoms with Gasteiger partial charge >= 0.3 is 0 Å². The summed E-state index contributed by atoms with van der Waals surface area (Å²) in [5.74, 6) is 1.95. The van der Waals surface area contributed by atoms with Crippen molar-refractivity contribution in [2.75, 3.05) is 13.6 Å². The summed E-state index contributed by atoms with van der Waals surface area (Å²) < 4.78 is 2.30. The van der Waals surface area contributed by atoms with Gasteiger partial charge in [0.05, 0.1) is 5.69 Å². The Morgan fingerprint density at radius 1 is 1.35 bits per heavy atom. The summed E-state index contributed by atoms with van der Waals surface area (Å²) in [5, 5.41) is 0. The molecule has 0 amide bonds. The molecule has 1 aliphatic heterocycles. The van der Waals surface area contributed by atoms with Crippen molar-refractivity contribution in [3.05, 3.63) is 47.8 Å². The van der Waals surface area contributed by atoms with Crippen molar-refractivity contribution in [3.63, 3.8) is 0 Å². The third-order valence-corrected chi connectivity index (χ3v) is 4.14. The second kappa shape index (κ2) is 5.75. The molecule has 1 atom stereocenters. The van der Waals surface area contributed by atoms with Gasteiger partial charge in [0, 0.05) is 44.6 Å². The molecule has 0 saturated heterocycles. The monoisotopic (exact) mass is 270 g/mol. The summed E-state index contributed by atoms with van der Waals surface area (Å²) in [4.78, 5) is 11.3. The highest BCUT2D eigenvalue weighted by Gasteiger charge is 2.20. The molecule has 2 aromatic rings. The highest BCUT2D eigenvalue weighted by Crippen LogP contribution is 2.20. The van der Waals surface area contributed by atoms with E-state index in [1.165, 1.54) is 23.5 Å². The third kappa shape index (κ3) is 2.90. The Labute approximate surface area is 120 Å². The third-order valence-electron chi connectivity index (χ3n) is 4.14. The lowest BCUT2D eigenvalue weighted by Gasteiger charge is -2.28. The molecule has 0 aliphatic carbocycles. The highest BCUT2D eigenvalue weighted by molar-refractivity contribution is 5.17. The molecular weight excluding hydrogens is 248 g/mol. The first-order chi connectivity index (χ1) is 9.72. The maximum absolute atomic E-state index is 4.48. The molecule has 3 heterocycles. The molecule has 2 aromatic heterocycles. The zero-order valence-electron chi connectivity index (χ0n) is 12.3. The largest absolute Gasteiger partial charge is 0.335 e. The molecule has 0 aromatic carbocycles. The van der Waals surface area contributed by atoms with Crippen LogP contribution in [0.3, 0.4) is 0 Å². The quantitative estimate of drug-likeness (QED) is 0.854. The molecule has 106 valence electrons. The first-order valence-corrected chi connectivity index (χ1v) is 7.31. The van der Waals surface area contributed by atoms with Gasteiger partial charge in [0.15, 0.2) is 0 Å².